The smallest absolute Gasteiger partial charge is 0.274 e. The zero-order chi connectivity index (χ0) is 18.6. The van der Waals surface area contributed by atoms with E-state index in [0.29, 0.717) is 18.2 Å². The average Bonchev–Trinajstić information content (AvgIpc) is 2.61. The van der Waals surface area contributed by atoms with Gasteiger partial charge in [0, 0.05) is 11.1 Å². The van der Waals surface area contributed by atoms with Crippen molar-refractivity contribution in [2.45, 2.75) is 32.8 Å². The van der Waals surface area contributed by atoms with Crippen LogP contribution in [0.2, 0.25) is 0 Å². The summed E-state index contributed by atoms with van der Waals surface area (Å²) in [5, 5.41) is 11.1. The molecule has 0 radical (unpaired) electrons. The molecular weight excluding hydrogens is 328 g/mol. The van der Waals surface area contributed by atoms with Gasteiger partial charge in [0.2, 0.25) is 5.95 Å². The van der Waals surface area contributed by atoms with Crippen molar-refractivity contribution in [1.82, 2.24) is 15.2 Å². The van der Waals surface area contributed by atoms with Gasteiger partial charge in [0.15, 0.2) is 0 Å². The van der Waals surface area contributed by atoms with Crippen LogP contribution in [0.15, 0.2) is 59.4 Å². The van der Waals surface area contributed by atoms with Crippen LogP contribution in [0.25, 0.3) is 0 Å². The third-order valence-corrected chi connectivity index (χ3v) is 3.77. The molecule has 3 rings (SSSR count). The number of aromatic amines is 1. The van der Waals surface area contributed by atoms with Gasteiger partial charge >= 0.3 is 0 Å². The summed E-state index contributed by atoms with van der Waals surface area (Å²) in [6.45, 7) is 6.29. The van der Waals surface area contributed by atoms with Gasteiger partial charge in [-0.1, -0.05) is 51.1 Å². The molecule has 0 aliphatic carbocycles. The minimum absolute atomic E-state index is 0.238. The van der Waals surface area contributed by atoms with Gasteiger partial charge in [-0.3, -0.25) is 9.78 Å². The number of aromatic nitrogens is 3. The lowest BCUT2D eigenvalue weighted by Crippen LogP contribution is -2.28. The Balaban J connectivity index is 1.64. The van der Waals surface area contributed by atoms with E-state index in [-0.39, 0.29) is 11.0 Å². The first-order valence-electron chi connectivity index (χ1n) is 8.43. The molecular formula is C20H22N4O2. The SMILES string of the molecule is CC(C)(C)c1nnc(Nc2ccc(OCc3ccccc3)cc2)[nH]c1=O. The Labute approximate surface area is 152 Å². The van der Waals surface area contributed by atoms with E-state index >= 15 is 0 Å². The van der Waals surface area contributed by atoms with Crippen LogP contribution in [0.3, 0.4) is 0 Å². The Hall–Kier alpha value is -3.15. The lowest BCUT2D eigenvalue weighted by Gasteiger charge is -2.15. The molecule has 26 heavy (non-hydrogen) atoms. The number of H-pyrrole nitrogens is 1. The summed E-state index contributed by atoms with van der Waals surface area (Å²) in [6.07, 6.45) is 0. The van der Waals surface area contributed by atoms with Crippen LogP contribution < -0.4 is 15.6 Å². The Morgan fingerprint density at radius 1 is 1.00 bits per heavy atom. The number of anilines is 2. The highest BCUT2D eigenvalue weighted by Gasteiger charge is 2.20. The molecule has 0 amide bonds. The highest BCUT2D eigenvalue weighted by atomic mass is 16.5. The lowest BCUT2D eigenvalue weighted by molar-refractivity contribution is 0.306. The molecule has 6 heteroatoms. The van der Waals surface area contributed by atoms with E-state index in [0.717, 1.165) is 17.0 Å². The topological polar surface area (TPSA) is 79.9 Å². The first-order valence-corrected chi connectivity index (χ1v) is 8.43. The summed E-state index contributed by atoms with van der Waals surface area (Å²) in [4.78, 5) is 14.9. The van der Waals surface area contributed by atoms with Crippen LogP contribution in [-0.4, -0.2) is 15.2 Å². The number of nitrogens with zero attached hydrogens (tertiary/aromatic N) is 2. The normalized spacial score (nSPS) is 11.2. The van der Waals surface area contributed by atoms with E-state index in [1.807, 2.05) is 75.4 Å². The number of rotatable bonds is 5. The van der Waals surface area contributed by atoms with Crippen LogP contribution in [0.1, 0.15) is 32.0 Å². The minimum Gasteiger partial charge on any atom is -0.489 e. The summed E-state index contributed by atoms with van der Waals surface area (Å²) in [7, 11) is 0. The average molecular weight is 350 g/mol. The minimum atomic E-state index is -0.350. The molecule has 1 heterocycles. The first kappa shape index (κ1) is 17.7. The molecule has 0 atom stereocenters. The molecule has 0 saturated carbocycles. The van der Waals surface area contributed by atoms with Crippen LogP contribution in [0, 0.1) is 0 Å². The fraction of sp³-hybridized carbons (Fsp3) is 0.250. The monoisotopic (exact) mass is 350 g/mol. The van der Waals surface area contributed by atoms with Crippen molar-refractivity contribution in [3.05, 3.63) is 76.2 Å². The van der Waals surface area contributed by atoms with E-state index in [1.165, 1.54) is 0 Å². The Kier molecular flexibility index (Phi) is 5.02. The predicted octanol–water partition coefficient (Wildman–Crippen LogP) is 3.79. The molecule has 0 saturated heterocycles. The van der Waals surface area contributed by atoms with Crippen LogP contribution >= 0.6 is 0 Å². The van der Waals surface area contributed by atoms with Gasteiger partial charge < -0.3 is 10.1 Å². The number of ether oxygens (including phenoxy) is 1. The maximum absolute atomic E-state index is 12.1. The Morgan fingerprint density at radius 3 is 2.31 bits per heavy atom. The number of benzene rings is 2. The van der Waals surface area contributed by atoms with E-state index in [2.05, 4.69) is 20.5 Å². The zero-order valence-electron chi connectivity index (χ0n) is 15.1. The molecule has 134 valence electrons. The van der Waals surface area contributed by atoms with Crippen LogP contribution in [-0.2, 0) is 12.0 Å². The largest absolute Gasteiger partial charge is 0.489 e. The van der Waals surface area contributed by atoms with Gasteiger partial charge in [-0.15, -0.1) is 10.2 Å². The second-order valence-electron chi connectivity index (χ2n) is 7.02. The second-order valence-corrected chi connectivity index (χ2v) is 7.02. The predicted molar refractivity (Wildman–Crippen MR) is 102 cm³/mol. The van der Waals surface area contributed by atoms with Crippen molar-refractivity contribution < 1.29 is 4.74 Å². The molecule has 3 aromatic rings. The molecule has 0 bridgehead atoms. The molecule has 1 aromatic heterocycles. The number of hydrogen-bond acceptors (Lipinski definition) is 5. The van der Waals surface area contributed by atoms with E-state index in [9.17, 15) is 4.79 Å². The van der Waals surface area contributed by atoms with Gasteiger partial charge in [0.1, 0.15) is 18.1 Å². The second kappa shape index (κ2) is 7.39. The van der Waals surface area contributed by atoms with Crippen molar-refractivity contribution in [1.29, 1.82) is 0 Å². The summed E-state index contributed by atoms with van der Waals surface area (Å²) < 4.78 is 5.76. The molecule has 2 N–H and O–H groups in total. The van der Waals surface area contributed by atoms with Gasteiger partial charge in [-0.2, -0.15) is 0 Å². The zero-order valence-corrected chi connectivity index (χ0v) is 15.1. The molecule has 0 aliphatic heterocycles. The summed E-state index contributed by atoms with van der Waals surface area (Å²) in [5.74, 6) is 1.07. The maximum Gasteiger partial charge on any atom is 0.274 e. The fourth-order valence-electron chi connectivity index (χ4n) is 2.40. The summed E-state index contributed by atoms with van der Waals surface area (Å²) >= 11 is 0. The maximum atomic E-state index is 12.1. The van der Waals surface area contributed by atoms with E-state index in [4.69, 9.17) is 4.74 Å². The van der Waals surface area contributed by atoms with Gasteiger partial charge in [-0.25, -0.2) is 0 Å². The van der Waals surface area contributed by atoms with Crippen molar-refractivity contribution in [3.8, 4) is 5.75 Å². The summed E-state index contributed by atoms with van der Waals surface area (Å²) in [5.41, 5.74) is 1.72. The van der Waals surface area contributed by atoms with Gasteiger partial charge in [-0.05, 0) is 29.8 Å². The standard InChI is InChI=1S/C20H22N4O2/c1-20(2,3)17-18(25)22-19(24-23-17)21-15-9-11-16(12-10-15)26-13-14-7-5-4-6-8-14/h4-12H,13H2,1-3H3,(H2,21,22,24,25). The fourth-order valence-corrected chi connectivity index (χ4v) is 2.40. The quantitative estimate of drug-likeness (QED) is 0.732. The van der Waals surface area contributed by atoms with Gasteiger partial charge in [0.25, 0.3) is 5.56 Å². The highest BCUT2D eigenvalue weighted by Crippen LogP contribution is 2.19. The van der Waals surface area contributed by atoms with Crippen LogP contribution in [0.4, 0.5) is 11.6 Å². The third-order valence-electron chi connectivity index (χ3n) is 3.77. The van der Waals surface area contributed by atoms with Crippen LogP contribution in [0.5, 0.6) is 5.75 Å². The molecule has 0 spiro atoms. The lowest BCUT2D eigenvalue weighted by atomic mass is 9.93. The molecule has 0 fully saturated rings. The van der Waals surface area contributed by atoms with E-state index < -0.39 is 0 Å². The number of hydrogen-bond donors (Lipinski definition) is 2. The summed E-state index contributed by atoms with van der Waals surface area (Å²) in [6, 6.07) is 17.4. The molecule has 0 aliphatic rings. The highest BCUT2D eigenvalue weighted by molar-refractivity contribution is 5.54. The molecule has 0 unspecified atom stereocenters. The molecule has 6 nitrogen and oxygen atoms in total. The Bertz CT molecular complexity index is 913. The molecule has 2 aromatic carbocycles. The van der Waals surface area contributed by atoms with Crippen molar-refractivity contribution in [2.24, 2.45) is 0 Å². The van der Waals surface area contributed by atoms with E-state index in [1.54, 1.807) is 0 Å². The van der Waals surface area contributed by atoms with Gasteiger partial charge in [0.05, 0.1) is 0 Å². The Morgan fingerprint density at radius 2 is 1.69 bits per heavy atom. The van der Waals surface area contributed by atoms with Crippen molar-refractivity contribution in [3.63, 3.8) is 0 Å². The number of nitrogens with one attached hydrogen (secondary N) is 2. The van der Waals surface area contributed by atoms with Crippen molar-refractivity contribution >= 4 is 11.6 Å². The van der Waals surface area contributed by atoms with Crippen molar-refractivity contribution in [2.75, 3.05) is 5.32 Å². The first-order chi connectivity index (χ1) is 12.4. The third kappa shape index (κ3) is 4.47.